The SMILES string of the molecule is COc1ccc(CC(NC(=O)C(C)CC(=O)C2CCC(O)CC2)C(=O)CC(CC2=CCCC2)C(=O)C2(C)CO2)cc1O. The minimum Gasteiger partial charge on any atom is -0.504 e. The maximum Gasteiger partial charge on any atom is 0.223 e. The zero-order chi connectivity index (χ0) is 30.4. The molecule has 2 aliphatic carbocycles. The molecule has 1 aliphatic heterocycles. The number of phenolic OH excluding ortho intramolecular Hbond substituents is 1. The lowest BCUT2D eigenvalue weighted by atomic mass is 9.82. The summed E-state index contributed by atoms with van der Waals surface area (Å²) < 4.78 is 10.6. The minimum atomic E-state index is -0.951. The monoisotopic (exact) mass is 583 g/mol. The number of epoxide rings is 1. The number of aliphatic hydroxyl groups is 1. The fraction of sp³-hybridized carbons (Fsp3) is 0.636. The normalized spacial score (nSPS) is 25.6. The lowest BCUT2D eigenvalue weighted by Gasteiger charge is -2.26. The number of hydrogen-bond acceptors (Lipinski definition) is 8. The fourth-order valence-electron chi connectivity index (χ4n) is 6.18. The van der Waals surface area contributed by atoms with E-state index in [-0.39, 0.29) is 54.4 Å². The van der Waals surface area contributed by atoms with E-state index in [2.05, 4.69) is 11.4 Å². The van der Waals surface area contributed by atoms with E-state index < -0.39 is 29.4 Å². The highest BCUT2D eigenvalue weighted by Crippen LogP contribution is 2.36. The first-order valence-corrected chi connectivity index (χ1v) is 15.2. The molecule has 0 spiro atoms. The summed E-state index contributed by atoms with van der Waals surface area (Å²) >= 11 is 0. The first kappa shape index (κ1) is 31.9. The molecule has 1 aromatic rings. The third-order valence-electron chi connectivity index (χ3n) is 9.06. The Kier molecular flexibility index (Phi) is 10.6. The number of allylic oxidation sites excluding steroid dienone is 2. The van der Waals surface area contributed by atoms with Gasteiger partial charge in [0, 0.05) is 30.6 Å². The number of rotatable bonds is 15. The van der Waals surface area contributed by atoms with Crippen LogP contribution in [-0.4, -0.2) is 64.9 Å². The maximum atomic E-state index is 13.8. The summed E-state index contributed by atoms with van der Waals surface area (Å²) in [6.45, 7) is 3.77. The molecule has 9 heteroatoms. The van der Waals surface area contributed by atoms with Crippen LogP contribution < -0.4 is 10.1 Å². The van der Waals surface area contributed by atoms with Crippen molar-refractivity contribution in [1.82, 2.24) is 5.32 Å². The Morgan fingerprint density at radius 1 is 1.12 bits per heavy atom. The van der Waals surface area contributed by atoms with Gasteiger partial charge in [-0.15, -0.1) is 0 Å². The number of Topliss-reactive ketones (excluding diaryl/α,β-unsaturated/α-hetero) is 3. The van der Waals surface area contributed by atoms with Gasteiger partial charge >= 0.3 is 0 Å². The van der Waals surface area contributed by atoms with Gasteiger partial charge in [-0.05, 0) is 82.4 Å². The van der Waals surface area contributed by atoms with Crippen LogP contribution in [0.15, 0.2) is 29.8 Å². The second-order valence-electron chi connectivity index (χ2n) is 12.6. The number of methoxy groups -OCH3 is 1. The van der Waals surface area contributed by atoms with Crippen molar-refractivity contribution in [3.05, 3.63) is 35.4 Å². The maximum absolute atomic E-state index is 13.8. The van der Waals surface area contributed by atoms with Crippen molar-refractivity contribution in [1.29, 1.82) is 0 Å². The Morgan fingerprint density at radius 3 is 2.43 bits per heavy atom. The van der Waals surface area contributed by atoms with Crippen LogP contribution in [0.1, 0.15) is 83.6 Å². The molecule has 1 aromatic carbocycles. The summed E-state index contributed by atoms with van der Waals surface area (Å²) in [5.74, 6) is -1.93. The summed E-state index contributed by atoms with van der Waals surface area (Å²) in [5.41, 5.74) is 0.929. The molecule has 1 saturated heterocycles. The van der Waals surface area contributed by atoms with Gasteiger partial charge in [-0.25, -0.2) is 0 Å². The molecule has 4 rings (SSSR count). The zero-order valence-corrected chi connectivity index (χ0v) is 25.0. The quantitative estimate of drug-likeness (QED) is 0.208. The number of ketones is 3. The van der Waals surface area contributed by atoms with E-state index >= 15 is 0 Å². The van der Waals surface area contributed by atoms with Crippen LogP contribution in [0.3, 0.4) is 0 Å². The number of ether oxygens (including phenoxy) is 2. The predicted octanol–water partition coefficient (Wildman–Crippen LogP) is 4.01. The number of amides is 1. The van der Waals surface area contributed by atoms with Crippen LogP contribution in [0, 0.1) is 17.8 Å². The number of hydrogen-bond donors (Lipinski definition) is 3. The first-order valence-electron chi connectivity index (χ1n) is 15.2. The number of carbonyl (C=O) groups excluding carboxylic acids is 4. The second-order valence-corrected chi connectivity index (χ2v) is 12.6. The van der Waals surface area contributed by atoms with Gasteiger partial charge in [-0.1, -0.05) is 24.6 Å². The number of benzene rings is 1. The van der Waals surface area contributed by atoms with Gasteiger partial charge in [-0.3, -0.25) is 19.2 Å². The summed E-state index contributed by atoms with van der Waals surface area (Å²) in [7, 11) is 1.44. The topological polar surface area (TPSA) is 143 Å². The van der Waals surface area contributed by atoms with Crippen LogP contribution in [0.5, 0.6) is 11.5 Å². The standard InChI is InChI=1S/C33H45NO8/c1-20(14-27(36)23-9-11-25(35)12-10-23)32(40)34-26(16-22-8-13-30(41-3)29(38)17-22)28(37)18-24(15-21-6-4-5-7-21)31(39)33(2)19-42-33/h6,8,13,17,20,23-26,35,38H,4-5,7,9-12,14-16,18-19H2,1-3H3,(H,34,40). The molecule has 0 aromatic heterocycles. The van der Waals surface area contributed by atoms with Crippen LogP contribution in [0.4, 0.5) is 0 Å². The molecule has 9 nitrogen and oxygen atoms in total. The van der Waals surface area contributed by atoms with Crippen LogP contribution in [0.2, 0.25) is 0 Å². The third kappa shape index (κ3) is 8.28. The average Bonchev–Trinajstić information content (AvgIpc) is 3.50. The predicted molar refractivity (Wildman–Crippen MR) is 156 cm³/mol. The Bertz CT molecular complexity index is 1190. The van der Waals surface area contributed by atoms with Gasteiger partial charge in [0.25, 0.3) is 0 Å². The molecule has 3 N–H and O–H groups in total. The molecule has 1 amide bonds. The van der Waals surface area contributed by atoms with Gasteiger partial charge < -0.3 is 25.0 Å². The summed E-state index contributed by atoms with van der Waals surface area (Å²) in [6, 6.07) is 3.87. The molecular formula is C33H45NO8. The van der Waals surface area contributed by atoms with E-state index in [4.69, 9.17) is 9.47 Å². The Balaban J connectivity index is 1.48. The Labute approximate surface area is 248 Å². The van der Waals surface area contributed by atoms with Crippen molar-refractivity contribution in [3.8, 4) is 11.5 Å². The summed E-state index contributed by atoms with van der Waals surface area (Å²) in [6.07, 6.45) is 7.72. The van der Waals surface area contributed by atoms with Gasteiger partial charge in [0.2, 0.25) is 5.91 Å². The van der Waals surface area contributed by atoms with Crippen LogP contribution in [-0.2, 0) is 30.3 Å². The van der Waals surface area contributed by atoms with E-state index in [1.54, 1.807) is 26.0 Å². The van der Waals surface area contributed by atoms with Crippen LogP contribution in [0.25, 0.3) is 0 Å². The molecule has 4 unspecified atom stereocenters. The lowest BCUT2D eigenvalue weighted by molar-refractivity contribution is -0.135. The van der Waals surface area contributed by atoms with Gasteiger partial charge in [0.1, 0.15) is 11.4 Å². The van der Waals surface area contributed by atoms with Crippen LogP contribution >= 0.6 is 0 Å². The van der Waals surface area contributed by atoms with E-state index in [9.17, 15) is 29.4 Å². The van der Waals surface area contributed by atoms with Gasteiger partial charge in [-0.2, -0.15) is 0 Å². The lowest BCUT2D eigenvalue weighted by Crippen LogP contribution is -2.46. The number of aliphatic hydroxyl groups excluding tert-OH is 1. The van der Waals surface area contributed by atoms with E-state index in [0.29, 0.717) is 50.0 Å². The number of carbonyl (C=O) groups is 4. The highest BCUT2D eigenvalue weighted by Gasteiger charge is 2.50. The number of nitrogens with one attached hydrogen (secondary N) is 1. The van der Waals surface area contributed by atoms with Gasteiger partial charge in [0.15, 0.2) is 23.1 Å². The van der Waals surface area contributed by atoms with E-state index in [1.807, 2.05) is 0 Å². The highest BCUT2D eigenvalue weighted by molar-refractivity contribution is 5.97. The molecule has 4 atom stereocenters. The summed E-state index contributed by atoms with van der Waals surface area (Å²) in [5, 5.41) is 22.9. The minimum absolute atomic E-state index is 0.000629. The zero-order valence-electron chi connectivity index (χ0n) is 25.0. The molecule has 1 saturated carbocycles. The van der Waals surface area contributed by atoms with Crippen molar-refractivity contribution < 1.29 is 38.9 Å². The fourth-order valence-corrected chi connectivity index (χ4v) is 6.18. The molecular weight excluding hydrogens is 538 g/mol. The first-order chi connectivity index (χ1) is 20.0. The third-order valence-corrected chi connectivity index (χ3v) is 9.06. The Hall–Kier alpha value is -3.04. The van der Waals surface area contributed by atoms with Crippen molar-refractivity contribution in [3.63, 3.8) is 0 Å². The van der Waals surface area contributed by atoms with Gasteiger partial charge in [0.05, 0.1) is 25.9 Å². The molecule has 2 fully saturated rings. The molecule has 0 bridgehead atoms. The van der Waals surface area contributed by atoms with Crippen molar-refractivity contribution in [2.45, 2.75) is 102 Å². The highest BCUT2D eigenvalue weighted by atomic mass is 16.6. The number of aromatic hydroxyl groups is 1. The second kappa shape index (κ2) is 14.0. The number of phenols is 1. The van der Waals surface area contributed by atoms with E-state index in [0.717, 1.165) is 19.3 Å². The molecule has 1 heterocycles. The smallest absolute Gasteiger partial charge is 0.223 e. The Morgan fingerprint density at radius 2 is 1.83 bits per heavy atom. The molecule has 230 valence electrons. The molecule has 3 aliphatic rings. The van der Waals surface area contributed by atoms with Crippen molar-refractivity contribution in [2.24, 2.45) is 17.8 Å². The largest absolute Gasteiger partial charge is 0.504 e. The molecule has 42 heavy (non-hydrogen) atoms. The average molecular weight is 584 g/mol. The van der Waals surface area contributed by atoms with Crippen molar-refractivity contribution >= 4 is 23.3 Å². The van der Waals surface area contributed by atoms with E-state index in [1.165, 1.54) is 18.7 Å². The molecule has 0 radical (unpaired) electrons. The summed E-state index contributed by atoms with van der Waals surface area (Å²) in [4.78, 5) is 53.4. The van der Waals surface area contributed by atoms with Crippen molar-refractivity contribution in [2.75, 3.05) is 13.7 Å².